The minimum absolute atomic E-state index is 0.143. The van der Waals surface area contributed by atoms with E-state index in [1.807, 2.05) is 0 Å². The molecule has 0 fully saturated rings. The molecule has 3 aromatic rings. The Bertz CT molecular complexity index is 1060. The summed E-state index contributed by atoms with van der Waals surface area (Å²) in [4.78, 5) is 30.3. The zero-order valence-corrected chi connectivity index (χ0v) is 15.0. The Morgan fingerprint density at radius 2 is 1.60 bits per heavy atom. The first-order chi connectivity index (χ1) is 14.3. The minimum atomic E-state index is -4.51. The van der Waals surface area contributed by atoms with Crippen LogP contribution in [0.1, 0.15) is 15.9 Å². The van der Waals surface area contributed by atoms with Crippen LogP contribution in [-0.4, -0.2) is 20.8 Å². The highest BCUT2D eigenvalue weighted by atomic mass is 19.4. The lowest BCUT2D eigenvalue weighted by Crippen LogP contribution is -2.30. The number of alkyl halides is 3. The van der Waals surface area contributed by atoms with Crippen molar-refractivity contribution in [2.45, 2.75) is 6.18 Å². The Hall–Kier alpha value is -4.22. The largest absolute Gasteiger partial charge is 0.416 e. The van der Waals surface area contributed by atoms with Crippen molar-refractivity contribution in [2.24, 2.45) is 0 Å². The molecule has 3 N–H and O–H groups in total. The van der Waals surface area contributed by atoms with Gasteiger partial charge in [0.2, 0.25) is 11.6 Å². The fraction of sp³-hybridized carbons (Fsp3) is 0.0556. The van der Waals surface area contributed by atoms with Gasteiger partial charge in [-0.25, -0.2) is 9.97 Å². The van der Waals surface area contributed by atoms with Crippen LogP contribution in [0.15, 0.2) is 60.9 Å². The number of carbonyl (C=O) groups excluding carboxylic acids is 1. The number of halogens is 3. The quantitative estimate of drug-likeness (QED) is 0.410. The maximum Gasteiger partial charge on any atom is 0.416 e. The summed E-state index contributed by atoms with van der Waals surface area (Å²) in [6.45, 7) is 0. The van der Waals surface area contributed by atoms with E-state index >= 15 is 0 Å². The van der Waals surface area contributed by atoms with Crippen molar-refractivity contribution in [3.05, 3.63) is 82.2 Å². The van der Waals surface area contributed by atoms with Crippen molar-refractivity contribution in [3.63, 3.8) is 0 Å². The third-order valence-corrected chi connectivity index (χ3v) is 3.81. The zero-order chi connectivity index (χ0) is 21.7. The lowest BCUT2D eigenvalue weighted by atomic mass is 10.2. The van der Waals surface area contributed by atoms with E-state index in [0.717, 1.165) is 30.6 Å². The van der Waals surface area contributed by atoms with Crippen LogP contribution in [0.4, 0.5) is 36.2 Å². The smallest absolute Gasteiger partial charge is 0.334 e. The number of nitrogens with one attached hydrogen (secondary N) is 3. The van der Waals surface area contributed by atoms with Crippen molar-refractivity contribution in [1.82, 2.24) is 15.4 Å². The first kappa shape index (κ1) is 20.5. The molecule has 0 radical (unpaired) electrons. The van der Waals surface area contributed by atoms with E-state index in [1.54, 1.807) is 30.3 Å². The van der Waals surface area contributed by atoms with Crippen LogP contribution in [0, 0.1) is 10.1 Å². The summed E-state index contributed by atoms with van der Waals surface area (Å²) in [6.07, 6.45) is -3.51. The summed E-state index contributed by atoms with van der Waals surface area (Å²) in [5, 5.41) is 14.1. The van der Waals surface area contributed by atoms with Crippen LogP contribution >= 0.6 is 0 Å². The predicted octanol–water partition coefficient (Wildman–Crippen LogP) is 3.90. The van der Waals surface area contributed by atoms with Crippen molar-refractivity contribution < 1.29 is 22.9 Å². The molecule has 0 saturated heterocycles. The van der Waals surface area contributed by atoms with E-state index in [1.165, 1.54) is 0 Å². The second kappa shape index (κ2) is 8.43. The standard InChI is InChI=1S/C18H13F3N6O3/c19-18(20,21)12-6-8-13(9-7-12)24-15-14(27(29)30)16(23-10-22-15)25-26-17(28)11-4-2-1-3-5-11/h1-10H,(H,26,28)(H2,22,23,24,25). The lowest BCUT2D eigenvalue weighted by molar-refractivity contribution is -0.383. The summed E-state index contributed by atoms with van der Waals surface area (Å²) in [5.41, 5.74) is 3.64. The van der Waals surface area contributed by atoms with Gasteiger partial charge in [0.1, 0.15) is 6.33 Å². The number of hydrogen-bond donors (Lipinski definition) is 3. The Morgan fingerprint density at radius 3 is 2.20 bits per heavy atom. The van der Waals surface area contributed by atoms with Crippen molar-refractivity contribution in [3.8, 4) is 0 Å². The summed E-state index contributed by atoms with van der Waals surface area (Å²) in [6, 6.07) is 12.0. The topological polar surface area (TPSA) is 122 Å². The first-order valence-corrected chi connectivity index (χ1v) is 8.31. The molecule has 154 valence electrons. The number of hydrazine groups is 1. The van der Waals surface area contributed by atoms with Gasteiger partial charge in [0.25, 0.3) is 5.91 Å². The Labute approximate surface area is 167 Å². The molecule has 0 atom stereocenters. The van der Waals surface area contributed by atoms with E-state index in [4.69, 9.17) is 0 Å². The second-order valence-corrected chi connectivity index (χ2v) is 5.82. The van der Waals surface area contributed by atoms with Crippen LogP contribution in [-0.2, 0) is 6.18 Å². The van der Waals surface area contributed by atoms with Gasteiger partial charge in [-0.3, -0.25) is 25.8 Å². The zero-order valence-electron chi connectivity index (χ0n) is 15.0. The van der Waals surface area contributed by atoms with E-state index in [0.29, 0.717) is 5.56 Å². The van der Waals surface area contributed by atoms with Crippen LogP contribution in [0.3, 0.4) is 0 Å². The van der Waals surface area contributed by atoms with Crippen molar-refractivity contribution in [1.29, 1.82) is 0 Å². The Morgan fingerprint density at radius 1 is 0.967 bits per heavy atom. The van der Waals surface area contributed by atoms with E-state index in [9.17, 15) is 28.1 Å². The van der Waals surface area contributed by atoms with Crippen LogP contribution in [0.2, 0.25) is 0 Å². The molecular weight excluding hydrogens is 405 g/mol. The maximum absolute atomic E-state index is 12.7. The van der Waals surface area contributed by atoms with Gasteiger partial charge in [-0.1, -0.05) is 18.2 Å². The number of aromatic nitrogens is 2. The molecule has 0 aliphatic heterocycles. The van der Waals surface area contributed by atoms with Crippen LogP contribution in [0.25, 0.3) is 0 Å². The highest BCUT2D eigenvalue weighted by Crippen LogP contribution is 2.33. The molecule has 0 aliphatic rings. The van der Waals surface area contributed by atoms with Gasteiger partial charge in [0.15, 0.2) is 0 Å². The number of anilines is 3. The molecule has 2 aromatic carbocycles. The molecule has 1 aromatic heterocycles. The average Bonchev–Trinajstić information content (AvgIpc) is 2.72. The summed E-state index contributed by atoms with van der Waals surface area (Å²) in [5.74, 6) is -1.14. The number of rotatable bonds is 6. The molecule has 30 heavy (non-hydrogen) atoms. The second-order valence-electron chi connectivity index (χ2n) is 5.82. The molecule has 3 rings (SSSR count). The maximum atomic E-state index is 12.7. The van der Waals surface area contributed by atoms with Gasteiger partial charge in [-0.2, -0.15) is 13.2 Å². The van der Waals surface area contributed by atoms with Crippen LogP contribution < -0.4 is 16.2 Å². The first-order valence-electron chi connectivity index (χ1n) is 8.31. The van der Waals surface area contributed by atoms with E-state index < -0.39 is 28.3 Å². The van der Waals surface area contributed by atoms with Gasteiger partial charge in [-0.15, -0.1) is 0 Å². The van der Waals surface area contributed by atoms with E-state index in [2.05, 4.69) is 26.1 Å². The highest BCUT2D eigenvalue weighted by molar-refractivity contribution is 5.95. The molecule has 0 saturated carbocycles. The molecule has 0 bridgehead atoms. The summed E-state index contributed by atoms with van der Waals surface area (Å²) >= 11 is 0. The predicted molar refractivity (Wildman–Crippen MR) is 101 cm³/mol. The third kappa shape index (κ3) is 4.79. The molecule has 0 spiro atoms. The molecule has 0 aliphatic carbocycles. The molecule has 1 heterocycles. The summed E-state index contributed by atoms with van der Waals surface area (Å²) < 4.78 is 38.0. The Balaban J connectivity index is 1.81. The number of nitrogens with zero attached hydrogens (tertiary/aromatic N) is 3. The molecule has 1 amide bonds. The molecular formula is C18H13F3N6O3. The fourth-order valence-electron chi connectivity index (χ4n) is 2.39. The number of nitro groups is 1. The monoisotopic (exact) mass is 418 g/mol. The highest BCUT2D eigenvalue weighted by Gasteiger charge is 2.30. The van der Waals surface area contributed by atoms with Gasteiger partial charge in [0, 0.05) is 11.3 Å². The molecule has 12 heteroatoms. The van der Waals surface area contributed by atoms with Gasteiger partial charge < -0.3 is 5.32 Å². The third-order valence-electron chi connectivity index (χ3n) is 3.81. The molecule has 9 nitrogen and oxygen atoms in total. The number of hydrogen-bond acceptors (Lipinski definition) is 7. The number of carbonyl (C=O) groups is 1. The average molecular weight is 418 g/mol. The normalized spacial score (nSPS) is 10.9. The van der Waals surface area contributed by atoms with Gasteiger partial charge in [-0.05, 0) is 36.4 Å². The number of benzene rings is 2. The lowest BCUT2D eigenvalue weighted by Gasteiger charge is -2.12. The van der Waals surface area contributed by atoms with Crippen molar-refractivity contribution in [2.75, 3.05) is 10.7 Å². The SMILES string of the molecule is O=C(NNc1ncnc(Nc2ccc(C(F)(F)F)cc2)c1[N+](=O)[O-])c1ccccc1. The van der Waals surface area contributed by atoms with Gasteiger partial charge in [0.05, 0.1) is 10.5 Å². The van der Waals surface area contributed by atoms with E-state index in [-0.39, 0.29) is 17.3 Å². The molecule has 0 unspecified atom stereocenters. The fourth-order valence-corrected chi connectivity index (χ4v) is 2.39. The number of amides is 1. The van der Waals surface area contributed by atoms with Gasteiger partial charge >= 0.3 is 11.9 Å². The Kier molecular flexibility index (Phi) is 5.76. The van der Waals surface area contributed by atoms with Crippen molar-refractivity contribution >= 4 is 28.9 Å². The minimum Gasteiger partial charge on any atom is -0.334 e. The summed E-state index contributed by atoms with van der Waals surface area (Å²) in [7, 11) is 0. The van der Waals surface area contributed by atoms with Crippen LogP contribution in [0.5, 0.6) is 0 Å².